The van der Waals surface area contributed by atoms with Crippen LogP contribution >= 0.6 is 22.7 Å². The van der Waals surface area contributed by atoms with E-state index in [0.717, 1.165) is 41.3 Å². The molecule has 102 valence electrons. The Balaban J connectivity index is 1.63. The third kappa shape index (κ3) is 2.72. The van der Waals surface area contributed by atoms with Crippen molar-refractivity contribution in [3.05, 3.63) is 22.7 Å². The van der Waals surface area contributed by atoms with Crippen molar-refractivity contribution in [3.63, 3.8) is 0 Å². The summed E-state index contributed by atoms with van der Waals surface area (Å²) in [5.41, 5.74) is 5.88. The van der Waals surface area contributed by atoms with E-state index >= 15 is 0 Å². The minimum Gasteiger partial charge on any atom is -0.345 e. The zero-order valence-corrected chi connectivity index (χ0v) is 12.5. The van der Waals surface area contributed by atoms with Crippen molar-refractivity contribution in [1.82, 2.24) is 9.97 Å². The molecule has 1 aliphatic rings. The van der Waals surface area contributed by atoms with Crippen molar-refractivity contribution in [1.29, 1.82) is 0 Å². The first-order chi connectivity index (χ1) is 9.24. The molecule has 0 amide bonds. The lowest BCUT2D eigenvalue weighted by atomic mass is 10.3. The molecular formula is C12H17N5S2. The van der Waals surface area contributed by atoms with E-state index in [0.29, 0.717) is 0 Å². The summed E-state index contributed by atoms with van der Waals surface area (Å²) in [4.78, 5) is 14.7. The molecule has 0 bridgehead atoms. The van der Waals surface area contributed by atoms with E-state index in [1.54, 1.807) is 22.7 Å². The number of hydrogen-bond donors (Lipinski definition) is 1. The van der Waals surface area contributed by atoms with Gasteiger partial charge in [0.25, 0.3) is 0 Å². The molecule has 19 heavy (non-hydrogen) atoms. The van der Waals surface area contributed by atoms with E-state index < -0.39 is 0 Å². The highest BCUT2D eigenvalue weighted by Gasteiger charge is 2.21. The van der Waals surface area contributed by atoms with E-state index in [1.165, 1.54) is 0 Å². The average Bonchev–Trinajstić information content (AvgIpc) is 3.11. The monoisotopic (exact) mass is 295 g/mol. The Hall–Kier alpha value is -1.18. The average molecular weight is 295 g/mol. The summed E-state index contributed by atoms with van der Waals surface area (Å²) in [6, 6.07) is 0.0721. The van der Waals surface area contributed by atoms with Gasteiger partial charge in [0.15, 0.2) is 10.3 Å². The number of rotatable bonds is 3. The lowest BCUT2D eigenvalue weighted by molar-refractivity contribution is 0.650. The van der Waals surface area contributed by atoms with Crippen LogP contribution in [0.4, 0.5) is 10.3 Å². The minimum absolute atomic E-state index is 0.0721. The van der Waals surface area contributed by atoms with Crippen LogP contribution in [0.1, 0.15) is 17.8 Å². The number of anilines is 2. The second-order valence-electron chi connectivity index (χ2n) is 4.62. The second kappa shape index (κ2) is 5.44. The number of aromatic nitrogens is 2. The molecule has 2 aromatic heterocycles. The van der Waals surface area contributed by atoms with Gasteiger partial charge in [0.1, 0.15) is 0 Å². The van der Waals surface area contributed by atoms with Crippen LogP contribution in [0.2, 0.25) is 0 Å². The van der Waals surface area contributed by atoms with Crippen molar-refractivity contribution < 1.29 is 0 Å². The SMILES string of the molecule is CC(N)c1cnc(N2CCN(c3nccs3)CC2)s1. The highest BCUT2D eigenvalue weighted by molar-refractivity contribution is 7.15. The van der Waals surface area contributed by atoms with Crippen LogP contribution < -0.4 is 15.5 Å². The predicted octanol–water partition coefficient (Wildman–Crippen LogP) is 1.95. The summed E-state index contributed by atoms with van der Waals surface area (Å²) in [6.45, 7) is 5.98. The van der Waals surface area contributed by atoms with E-state index in [2.05, 4.69) is 19.8 Å². The van der Waals surface area contributed by atoms with Crippen molar-refractivity contribution in [2.45, 2.75) is 13.0 Å². The maximum Gasteiger partial charge on any atom is 0.185 e. The molecule has 7 heteroatoms. The third-order valence-electron chi connectivity index (χ3n) is 3.20. The first-order valence-corrected chi connectivity index (χ1v) is 8.04. The van der Waals surface area contributed by atoms with Crippen LogP contribution in [0.5, 0.6) is 0 Å². The summed E-state index contributed by atoms with van der Waals surface area (Å²) in [5.74, 6) is 0. The normalized spacial score (nSPS) is 17.8. The molecule has 5 nitrogen and oxygen atoms in total. The lowest BCUT2D eigenvalue weighted by Gasteiger charge is -2.34. The van der Waals surface area contributed by atoms with E-state index in [-0.39, 0.29) is 6.04 Å². The zero-order chi connectivity index (χ0) is 13.2. The summed E-state index contributed by atoms with van der Waals surface area (Å²) in [5, 5.41) is 4.23. The number of nitrogens with two attached hydrogens (primary N) is 1. The summed E-state index contributed by atoms with van der Waals surface area (Å²) < 4.78 is 0. The highest BCUT2D eigenvalue weighted by atomic mass is 32.1. The lowest BCUT2D eigenvalue weighted by Crippen LogP contribution is -2.46. The molecule has 1 atom stereocenters. The van der Waals surface area contributed by atoms with Crippen molar-refractivity contribution >= 4 is 32.9 Å². The van der Waals surface area contributed by atoms with Gasteiger partial charge in [0.2, 0.25) is 0 Å². The van der Waals surface area contributed by atoms with Crippen molar-refractivity contribution in [2.75, 3.05) is 36.0 Å². The fraction of sp³-hybridized carbons (Fsp3) is 0.500. The molecule has 0 aliphatic carbocycles. The Kier molecular flexibility index (Phi) is 3.67. The molecule has 1 aliphatic heterocycles. The van der Waals surface area contributed by atoms with Gasteiger partial charge in [-0.05, 0) is 6.92 Å². The van der Waals surface area contributed by atoms with Crippen molar-refractivity contribution in [3.8, 4) is 0 Å². The molecule has 3 rings (SSSR count). The Morgan fingerprint density at radius 2 is 1.84 bits per heavy atom. The Morgan fingerprint density at radius 3 is 2.37 bits per heavy atom. The standard InChI is InChI=1S/C12H17N5S2/c1-9(13)10-8-15-12(19-10)17-5-3-16(4-6-17)11-14-2-7-18-11/h2,7-9H,3-6,13H2,1H3. The fourth-order valence-electron chi connectivity index (χ4n) is 2.09. The first-order valence-electron chi connectivity index (χ1n) is 6.35. The summed E-state index contributed by atoms with van der Waals surface area (Å²) >= 11 is 3.41. The molecule has 1 fully saturated rings. The summed E-state index contributed by atoms with van der Waals surface area (Å²) in [6.07, 6.45) is 3.76. The van der Waals surface area contributed by atoms with Gasteiger partial charge in [0.05, 0.1) is 0 Å². The van der Waals surface area contributed by atoms with Crippen LogP contribution in [0, 0.1) is 0 Å². The zero-order valence-electron chi connectivity index (χ0n) is 10.8. The molecule has 2 N–H and O–H groups in total. The molecule has 2 aromatic rings. The third-order valence-corrected chi connectivity index (χ3v) is 5.29. The summed E-state index contributed by atoms with van der Waals surface area (Å²) in [7, 11) is 0. The fourth-order valence-corrected chi connectivity index (χ4v) is 3.71. The Labute approximate surface area is 120 Å². The Morgan fingerprint density at radius 1 is 1.16 bits per heavy atom. The molecule has 3 heterocycles. The Bertz CT molecular complexity index is 514. The molecule has 0 radical (unpaired) electrons. The largest absolute Gasteiger partial charge is 0.345 e. The predicted molar refractivity (Wildman–Crippen MR) is 81.3 cm³/mol. The van der Waals surface area contributed by atoms with Gasteiger partial charge in [-0.25, -0.2) is 9.97 Å². The molecule has 0 aromatic carbocycles. The quantitative estimate of drug-likeness (QED) is 0.938. The van der Waals surface area contributed by atoms with Crippen LogP contribution in [-0.2, 0) is 0 Å². The van der Waals surface area contributed by atoms with Gasteiger partial charge in [-0.3, -0.25) is 0 Å². The van der Waals surface area contributed by atoms with Crippen LogP contribution in [0.15, 0.2) is 17.8 Å². The topological polar surface area (TPSA) is 58.3 Å². The molecule has 0 spiro atoms. The van der Waals surface area contributed by atoms with E-state index in [4.69, 9.17) is 5.73 Å². The number of piperazine rings is 1. The number of thiazole rings is 2. The maximum absolute atomic E-state index is 5.88. The number of nitrogens with zero attached hydrogens (tertiary/aromatic N) is 4. The molecule has 1 unspecified atom stereocenters. The number of hydrogen-bond acceptors (Lipinski definition) is 7. The van der Waals surface area contributed by atoms with Gasteiger partial charge in [-0.1, -0.05) is 0 Å². The molecule has 0 saturated carbocycles. The van der Waals surface area contributed by atoms with Gasteiger partial charge in [-0.15, -0.1) is 22.7 Å². The van der Waals surface area contributed by atoms with E-state index in [1.807, 2.05) is 24.7 Å². The van der Waals surface area contributed by atoms with Crippen molar-refractivity contribution in [2.24, 2.45) is 5.73 Å². The van der Waals surface area contributed by atoms with Crippen LogP contribution in [-0.4, -0.2) is 36.1 Å². The highest BCUT2D eigenvalue weighted by Crippen LogP contribution is 2.28. The van der Waals surface area contributed by atoms with E-state index in [9.17, 15) is 0 Å². The second-order valence-corrected chi connectivity index (χ2v) is 6.54. The first kappa shape index (κ1) is 12.8. The van der Waals surface area contributed by atoms with Gasteiger partial charge in [-0.2, -0.15) is 0 Å². The molecular weight excluding hydrogens is 278 g/mol. The van der Waals surface area contributed by atoms with Gasteiger partial charge < -0.3 is 15.5 Å². The van der Waals surface area contributed by atoms with Gasteiger partial charge in [0, 0.05) is 54.9 Å². The smallest absolute Gasteiger partial charge is 0.185 e. The van der Waals surface area contributed by atoms with Gasteiger partial charge >= 0.3 is 0 Å². The van der Waals surface area contributed by atoms with Crippen LogP contribution in [0.25, 0.3) is 0 Å². The minimum atomic E-state index is 0.0721. The molecule has 1 saturated heterocycles. The maximum atomic E-state index is 5.88. The van der Waals surface area contributed by atoms with Crippen LogP contribution in [0.3, 0.4) is 0 Å².